The van der Waals surface area contributed by atoms with Crippen LogP contribution in [-0.2, 0) is 0 Å². The number of hydrogen-bond acceptors (Lipinski definition) is 5. The van der Waals surface area contributed by atoms with Gasteiger partial charge in [-0.3, -0.25) is 0 Å². The van der Waals surface area contributed by atoms with Gasteiger partial charge in [0.15, 0.2) is 0 Å². The predicted molar refractivity (Wildman–Crippen MR) is 69.1 cm³/mol. The van der Waals surface area contributed by atoms with E-state index in [0.29, 0.717) is 31.0 Å². The molecular weight excluding hydrogens is 234 g/mol. The van der Waals surface area contributed by atoms with E-state index in [2.05, 4.69) is 5.32 Å². The van der Waals surface area contributed by atoms with Crippen LogP contribution in [0.25, 0.3) is 0 Å². The van der Waals surface area contributed by atoms with Crippen molar-refractivity contribution in [2.75, 3.05) is 33.9 Å². The first kappa shape index (κ1) is 14.8. The number of aliphatic hydroxyl groups excluding tert-OH is 2. The molecule has 1 rings (SSSR count). The van der Waals surface area contributed by atoms with Crippen molar-refractivity contribution in [3.8, 4) is 11.5 Å². The smallest absolute Gasteiger partial charge is 0.128 e. The lowest BCUT2D eigenvalue weighted by Gasteiger charge is -2.16. The average Bonchev–Trinajstić information content (AvgIpc) is 2.42. The molecular formula is C13H21NO4. The Morgan fingerprint density at radius 1 is 1.28 bits per heavy atom. The molecule has 5 nitrogen and oxygen atoms in total. The molecule has 0 aliphatic carbocycles. The third kappa shape index (κ3) is 4.18. The first-order valence-corrected chi connectivity index (χ1v) is 5.94. The molecule has 0 aliphatic heterocycles. The van der Waals surface area contributed by atoms with E-state index in [9.17, 15) is 5.11 Å². The highest BCUT2D eigenvalue weighted by Gasteiger charge is 2.13. The van der Waals surface area contributed by atoms with Crippen LogP contribution in [-0.4, -0.2) is 44.1 Å². The molecule has 0 fully saturated rings. The second kappa shape index (κ2) is 7.92. The summed E-state index contributed by atoms with van der Waals surface area (Å²) in [5, 5.41) is 21.8. The van der Waals surface area contributed by atoms with Crippen LogP contribution in [0.15, 0.2) is 18.2 Å². The summed E-state index contributed by atoms with van der Waals surface area (Å²) in [6, 6.07) is 5.32. The SMILES string of the molecule is COc1ccc(C(O)CNCCCO)c(OC)c1. The normalized spacial score (nSPS) is 12.2. The highest BCUT2D eigenvalue weighted by molar-refractivity contribution is 5.42. The zero-order valence-corrected chi connectivity index (χ0v) is 10.8. The highest BCUT2D eigenvalue weighted by Crippen LogP contribution is 2.29. The lowest BCUT2D eigenvalue weighted by molar-refractivity contribution is 0.169. The van der Waals surface area contributed by atoms with E-state index in [0.717, 1.165) is 5.56 Å². The molecule has 0 aliphatic rings. The minimum atomic E-state index is -0.649. The maximum Gasteiger partial charge on any atom is 0.128 e. The summed E-state index contributed by atoms with van der Waals surface area (Å²) < 4.78 is 10.3. The summed E-state index contributed by atoms with van der Waals surface area (Å²) in [6.45, 7) is 1.24. The zero-order chi connectivity index (χ0) is 13.4. The van der Waals surface area contributed by atoms with Crippen molar-refractivity contribution in [2.24, 2.45) is 0 Å². The van der Waals surface area contributed by atoms with Crippen molar-refractivity contribution in [2.45, 2.75) is 12.5 Å². The minimum absolute atomic E-state index is 0.148. The van der Waals surface area contributed by atoms with E-state index in [1.807, 2.05) is 0 Å². The lowest BCUT2D eigenvalue weighted by atomic mass is 10.1. The molecule has 1 aromatic rings. The second-order valence-corrected chi connectivity index (χ2v) is 3.90. The van der Waals surface area contributed by atoms with E-state index in [1.165, 1.54) is 0 Å². The summed E-state index contributed by atoms with van der Waals surface area (Å²) in [4.78, 5) is 0. The molecule has 0 aromatic heterocycles. The standard InChI is InChI=1S/C13H21NO4/c1-17-10-4-5-11(13(8-10)18-2)12(16)9-14-6-3-7-15/h4-5,8,12,14-16H,3,6-7,9H2,1-2H3. The molecule has 1 atom stereocenters. The van der Waals surface area contributed by atoms with Gasteiger partial charge in [-0.05, 0) is 25.1 Å². The third-order valence-corrected chi connectivity index (χ3v) is 2.65. The molecule has 102 valence electrons. The Morgan fingerprint density at radius 2 is 2.06 bits per heavy atom. The highest BCUT2D eigenvalue weighted by atomic mass is 16.5. The summed E-state index contributed by atoms with van der Waals surface area (Å²) >= 11 is 0. The van der Waals surface area contributed by atoms with Crippen LogP contribution in [0.5, 0.6) is 11.5 Å². The molecule has 0 heterocycles. The van der Waals surface area contributed by atoms with Crippen LogP contribution in [0, 0.1) is 0 Å². The van der Waals surface area contributed by atoms with Crippen molar-refractivity contribution >= 4 is 0 Å². The van der Waals surface area contributed by atoms with Gasteiger partial charge in [0, 0.05) is 24.8 Å². The number of hydrogen-bond donors (Lipinski definition) is 3. The van der Waals surface area contributed by atoms with Crippen molar-refractivity contribution in [3.05, 3.63) is 23.8 Å². The monoisotopic (exact) mass is 255 g/mol. The third-order valence-electron chi connectivity index (χ3n) is 2.65. The van der Waals surface area contributed by atoms with E-state index in [4.69, 9.17) is 14.6 Å². The number of benzene rings is 1. The Hall–Kier alpha value is -1.30. The number of rotatable bonds is 8. The van der Waals surface area contributed by atoms with Crippen LogP contribution in [0.2, 0.25) is 0 Å². The summed E-state index contributed by atoms with van der Waals surface area (Å²) in [5.74, 6) is 1.29. The summed E-state index contributed by atoms with van der Waals surface area (Å²) in [7, 11) is 3.14. The molecule has 1 unspecified atom stereocenters. The van der Waals surface area contributed by atoms with Crippen molar-refractivity contribution in [3.63, 3.8) is 0 Å². The topological polar surface area (TPSA) is 71.0 Å². The number of ether oxygens (including phenoxy) is 2. The molecule has 0 bridgehead atoms. The Balaban J connectivity index is 2.63. The maximum atomic E-state index is 10.0. The van der Waals surface area contributed by atoms with Crippen LogP contribution in [0.3, 0.4) is 0 Å². The van der Waals surface area contributed by atoms with Crippen molar-refractivity contribution < 1.29 is 19.7 Å². The van der Waals surface area contributed by atoms with Gasteiger partial charge >= 0.3 is 0 Å². The van der Waals surface area contributed by atoms with Gasteiger partial charge in [-0.1, -0.05) is 0 Å². The van der Waals surface area contributed by atoms with Gasteiger partial charge in [0.05, 0.1) is 20.3 Å². The largest absolute Gasteiger partial charge is 0.497 e. The predicted octanol–water partition coefficient (Wildman–Crippen LogP) is 0.709. The van der Waals surface area contributed by atoms with Crippen LogP contribution >= 0.6 is 0 Å². The molecule has 0 spiro atoms. The maximum absolute atomic E-state index is 10.0. The summed E-state index contributed by atoms with van der Waals surface area (Å²) in [6.07, 6.45) is 0.0245. The average molecular weight is 255 g/mol. The number of aliphatic hydroxyl groups is 2. The minimum Gasteiger partial charge on any atom is -0.497 e. The van der Waals surface area contributed by atoms with Crippen LogP contribution in [0.4, 0.5) is 0 Å². The van der Waals surface area contributed by atoms with Gasteiger partial charge in [0.25, 0.3) is 0 Å². The van der Waals surface area contributed by atoms with Gasteiger partial charge < -0.3 is 25.0 Å². The summed E-state index contributed by atoms with van der Waals surface area (Å²) in [5.41, 5.74) is 0.717. The Morgan fingerprint density at radius 3 is 2.67 bits per heavy atom. The quantitative estimate of drug-likeness (QED) is 0.597. The van der Waals surface area contributed by atoms with Gasteiger partial charge in [-0.25, -0.2) is 0 Å². The number of methoxy groups -OCH3 is 2. The van der Waals surface area contributed by atoms with Crippen molar-refractivity contribution in [1.29, 1.82) is 0 Å². The van der Waals surface area contributed by atoms with Crippen LogP contribution < -0.4 is 14.8 Å². The molecule has 5 heteroatoms. The van der Waals surface area contributed by atoms with E-state index in [1.54, 1.807) is 32.4 Å². The Bertz CT molecular complexity index is 357. The Kier molecular flexibility index (Phi) is 6.49. The number of nitrogens with one attached hydrogen (secondary N) is 1. The van der Waals surface area contributed by atoms with Gasteiger partial charge in [-0.15, -0.1) is 0 Å². The fourth-order valence-corrected chi connectivity index (χ4v) is 1.65. The van der Waals surface area contributed by atoms with E-state index >= 15 is 0 Å². The zero-order valence-electron chi connectivity index (χ0n) is 10.8. The first-order chi connectivity index (χ1) is 8.72. The van der Waals surface area contributed by atoms with Crippen molar-refractivity contribution in [1.82, 2.24) is 5.32 Å². The van der Waals surface area contributed by atoms with Gasteiger partial charge in [0.1, 0.15) is 11.5 Å². The van der Waals surface area contributed by atoms with Gasteiger partial charge in [-0.2, -0.15) is 0 Å². The second-order valence-electron chi connectivity index (χ2n) is 3.90. The lowest BCUT2D eigenvalue weighted by Crippen LogP contribution is -2.23. The fourth-order valence-electron chi connectivity index (χ4n) is 1.65. The molecule has 0 saturated heterocycles. The molecule has 0 radical (unpaired) electrons. The first-order valence-electron chi connectivity index (χ1n) is 5.94. The van der Waals surface area contributed by atoms with Crippen LogP contribution in [0.1, 0.15) is 18.1 Å². The van der Waals surface area contributed by atoms with E-state index < -0.39 is 6.10 Å². The molecule has 3 N–H and O–H groups in total. The fraction of sp³-hybridized carbons (Fsp3) is 0.538. The molecule has 0 amide bonds. The molecule has 0 saturated carbocycles. The molecule has 1 aromatic carbocycles. The molecule has 18 heavy (non-hydrogen) atoms. The Labute approximate surface area is 107 Å². The van der Waals surface area contributed by atoms with E-state index in [-0.39, 0.29) is 6.61 Å². The van der Waals surface area contributed by atoms with Gasteiger partial charge in [0.2, 0.25) is 0 Å².